The number of aldehydes is 1. The lowest BCUT2D eigenvalue weighted by atomic mass is 10.1. The van der Waals surface area contributed by atoms with E-state index in [2.05, 4.69) is 21.1 Å². The number of hydrogen-bond donors (Lipinski definition) is 0. The van der Waals surface area contributed by atoms with Crippen LogP contribution >= 0.6 is 15.9 Å². The van der Waals surface area contributed by atoms with Gasteiger partial charge in [-0.3, -0.25) is 4.79 Å². The zero-order valence-corrected chi connectivity index (χ0v) is 9.61. The van der Waals surface area contributed by atoms with Gasteiger partial charge >= 0.3 is 0 Å². The molecule has 0 aliphatic rings. The maximum Gasteiger partial charge on any atom is 0.213 e. The molecule has 1 aromatic carbocycles. The van der Waals surface area contributed by atoms with Crippen molar-refractivity contribution < 1.29 is 9.32 Å². The van der Waals surface area contributed by atoms with Gasteiger partial charge in [-0.05, 0) is 22.9 Å². The molecule has 15 heavy (non-hydrogen) atoms. The van der Waals surface area contributed by atoms with Gasteiger partial charge in [0.05, 0.1) is 5.56 Å². The van der Waals surface area contributed by atoms with Crippen LogP contribution in [0.3, 0.4) is 0 Å². The van der Waals surface area contributed by atoms with Crippen molar-refractivity contribution in [1.29, 1.82) is 0 Å². The van der Waals surface area contributed by atoms with Gasteiger partial charge in [-0.15, -0.1) is 0 Å². The van der Waals surface area contributed by atoms with Crippen molar-refractivity contribution in [2.24, 2.45) is 0 Å². The Kier molecular flexibility index (Phi) is 2.68. The molecule has 3 nitrogen and oxygen atoms in total. The van der Waals surface area contributed by atoms with E-state index in [1.807, 2.05) is 31.2 Å². The van der Waals surface area contributed by atoms with Gasteiger partial charge in [0.25, 0.3) is 0 Å². The molecule has 4 heteroatoms. The summed E-state index contributed by atoms with van der Waals surface area (Å²) in [5.74, 6) is 0. The lowest BCUT2D eigenvalue weighted by Crippen LogP contribution is -1.84. The normalized spacial score (nSPS) is 10.3. The van der Waals surface area contributed by atoms with Crippen LogP contribution in [0.4, 0.5) is 0 Å². The quantitative estimate of drug-likeness (QED) is 0.784. The predicted molar refractivity (Wildman–Crippen MR) is 59.8 cm³/mol. The Hall–Kier alpha value is -1.42. The van der Waals surface area contributed by atoms with E-state index in [0.29, 0.717) is 15.9 Å². The summed E-state index contributed by atoms with van der Waals surface area (Å²) in [4.78, 5) is 10.8. The number of rotatable bonds is 2. The van der Waals surface area contributed by atoms with Gasteiger partial charge in [0.1, 0.15) is 5.69 Å². The first kappa shape index (κ1) is 10.1. The smallest absolute Gasteiger partial charge is 0.213 e. The van der Waals surface area contributed by atoms with Crippen molar-refractivity contribution in [2.75, 3.05) is 0 Å². The van der Waals surface area contributed by atoms with Crippen LogP contribution in [0.2, 0.25) is 0 Å². The van der Waals surface area contributed by atoms with E-state index < -0.39 is 0 Å². The minimum Gasteiger partial charge on any atom is -0.348 e. The molecular formula is C11H8BrNO2. The number of carbonyl (C=O) groups excluding carboxylic acids is 1. The van der Waals surface area contributed by atoms with Gasteiger partial charge in [0.15, 0.2) is 6.29 Å². The summed E-state index contributed by atoms with van der Waals surface area (Å²) in [6, 6.07) is 7.75. The second kappa shape index (κ2) is 3.98. The molecule has 0 amide bonds. The maximum atomic E-state index is 10.8. The number of hydrogen-bond acceptors (Lipinski definition) is 3. The zero-order chi connectivity index (χ0) is 10.8. The van der Waals surface area contributed by atoms with E-state index >= 15 is 0 Å². The van der Waals surface area contributed by atoms with Crippen molar-refractivity contribution in [1.82, 2.24) is 5.16 Å². The van der Waals surface area contributed by atoms with Crippen LogP contribution in [-0.2, 0) is 0 Å². The third-order valence-electron chi connectivity index (χ3n) is 2.13. The molecule has 76 valence electrons. The molecule has 0 saturated heterocycles. The zero-order valence-electron chi connectivity index (χ0n) is 8.03. The molecule has 0 aliphatic carbocycles. The minimum absolute atomic E-state index is 0.369. The number of benzene rings is 1. The molecule has 2 rings (SSSR count). The monoisotopic (exact) mass is 265 g/mol. The third kappa shape index (κ3) is 1.85. The molecule has 0 radical (unpaired) electrons. The van der Waals surface area contributed by atoms with E-state index in [1.54, 1.807) is 0 Å². The molecule has 1 aromatic heterocycles. The van der Waals surface area contributed by atoms with E-state index in [-0.39, 0.29) is 0 Å². The third-order valence-corrected chi connectivity index (χ3v) is 2.70. The number of nitrogens with zero attached hydrogens (tertiary/aromatic N) is 1. The van der Waals surface area contributed by atoms with Crippen LogP contribution in [0.25, 0.3) is 11.3 Å². The van der Waals surface area contributed by atoms with Crippen LogP contribution in [0.1, 0.15) is 15.9 Å². The van der Waals surface area contributed by atoms with Gasteiger partial charge < -0.3 is 4.52 Å². The molecule has 0 bridgehead atoms. The summed E-state index contributed by atoms with van der Waals surface area (Å²) >= 11 is 3.13. The molecule has 0 unspecified atom stereocenters. The Bertz CT molecular complexity index is 488. The molecule has 0 atom stereocenters. The van der Waals surface area contributed by atoms with E-state index in [1.165, 1.54) is 0 Å². The average molecular weight is 266 g/mol. The van der Waals surface area contributed by atoms with Crippen LogP contribution in [0.5, 0.6) is 0 Å². The Morgan fingerprint density at radius 1 is 1.33 bits per heavy atom. The van der Waals surface area contributed by atoms with Crippen LogP contribution in [-0.4, -0.2) is 11.4 Å². The number of halogens is 1. The van der Waals surface area contributed by atoms with Crippen molar-refractivity contribution in [3.63, 3.8) is 0 Å². The fourth-order valence-electron chi connectivity index (χ4n) is 1.30. The largest absolute Gasteiger partial charge is 0.348 e. The summed E-state index contributed by atoms with van der Waals surface area (Å²) in [5, 5.41) is 3.83. The second-order valence-electron chi connectivity index (χ2n) is 3.20. The van der Waals surface area contributed by atoms with E-state index in [9.17, 15) is 4.79 Å². The summed E-state index contributed by atoms with van der Waals surface area (Å²) in [6.45, 7) is 2.00. The highest BCUT2D eigenvalue weighted by Crippen LogP contribution is 2.27. The molecule has 0 spiro atoms. The van der Waals surface area contributed by atoms with Gasteiger partial charge in [-0.2, -0.15) is 0 Å². The Morgan fingerprint density at radius 2 is 2.00 bits per heavy atom. The van der Waals surface area contributed by atoms with E-state index in [0.717, 1.165) is 17.4 Å². The van der Waals surface area contributed by atoms with Crippen molar-refractivity contribution in [2.45, 2.75) is 6.92 Å². The van der Waals surface area contributed by atoms with Gasteiger partial charge in [0, 0.05) is 5.56 Å². The minimum atomic E-state index is 0.369. The molecule has 2 aromatic rings. The highest BCUT2D eigenvalue weighted by Gasteiger charge is 2.14. The lowest BCUT2D eigenvalue weighted by molar-refractivity contribution is 0.112. The highest BCUT2D eigenvalue weighted by atomic mass is 79.9. The van der Waals surface area contributed by atoms with Crippen LogP contribution in [0.15, 0.2) is 33.5 Å². The number of aromatic nitrogens is 1. The number of carbonyl (C=O) groups is 1. The van der Waals surface area contributed by atoms with Crippen molar-refractivity contribution in [3.05, 3.63) is 40.1 Å². The van der Waals surface area contributed by atoms with Gasteiger partial charge in [-0.25, -0.2) is 0 Å². The first-order valence-electron chi connectivity index (χ1n) is 4.40. The van der Waals surface area contributed by atoms with E-state index in [4.69, 9.17) is 4.52 Å². The summed E-state index contributed by atoms with van der Waals surface area (Å²) in [6.07, 6.45) is 0.732. The summed E-state index contributed by atoms with van der Waals surface area (Å²) < 4.78 is 5.28. The highest BCUT2D eigenvalue weighted by molar-refractivity contribution is 9.10. The second-order valence-corrected chi connectivity index (χ2v) is 3.92. The standard InChI is InChI=1S/C11H8BrNO2/c1-7-2-4-8(5-3-7)10-9(6-14)11(12)15-13-10/h2-6H,1H3. The Balaban J connectivity index is 2.53. The average Bonchev–Trinajstić information content (AvgIpc) is 2.61. The van der Waals surface area contributed by atoms with Crippen LogP contribution in [0, 0.1) is 6.92 Å². The maximum absolute atomic E-state index is 10.8. The van der Waals surface area contributed by atoms with Gasteiger partial charge in [0.2, 0.25) is 4.67 Å². The first-order chi connectivity index (χ1) is 7.22. The Morgan fingerprint density at radius 3 is 2.60 bits per heavy atom. The SMILES string of the molecule is Cc1ccc(-c2noc(Br)c2C=O)cc1. The number of aryl methyl sites for hydroxylation is 1. The molecule has 0 fully saturated rings. The molecule has 0 N–H and O–H groups in total. The summed E-state index contributed by atoms with van der Waals surface area (Å²) in [7, 11) is 0. The lowest BCUT2D eigenvalue weighted by Gasteiger charge is -1.97. The van der Waals surface area contributed by atoms with Crippen LogP contribution < -0.4 is 0 Å². The van der Waals surface area contributed by atoms with Crippen molar-refractivity contribution in [3.8, 4) is 11.3 Å². The fraction of sp³-hybridized carbons (Fsp3) is 0.0909. The Labute approximate surface area is 95.2 Å². The molecule has 0 aliphatic heterocycles. The molecule has 0 saturated carbocycles. The van der Waals surface area contributed by atoms with Gasteiger partial charge in [-0.1, -0.05) is 35.0 Å². The fourth-order valence-corrected chi connectivity index (χ4v) is 1.65. The molecule has 1 heterocycles. The molecular weight excluding hydrogens is 258 g/mol. The summed E-state index contributed by atoms with van der Waals surface area (Å²) in [5.41, 5.74) is 3.04. The predicted octanol–water partition coefficient (Wildman–Crippen LogP) is 3.23. The topological polar surface area (TPSA) is 43.1 Å². The first-order valence-corrected chi connectivity index (χ1v) is 5.19. The van der Waals surface area contributed by atoms with Crippen molar-refractivity contribution >= 4 is 22.2 Å².